The number of ether oxygens (including phenoxy) is 1. The van der Waals surface area contributed by atoms with Crippen LogP contribution < -0.4 is 5.32 Å². The average Bonchev–Trinajstić information content (AvgIpc) is 3.09. The largest absolute Gasteiger partial charge is 0.452 e. The highest BCUT2D eigenvalue weighted by molar-refractivity contribution is 5.91. The van der Waals surface area contributed by atoms with E-state index in [9.17, 15) is 9.59 Å². The predicted molar refractivity (Wildman–Crippen MR) is 69.9 cm³/mol. The normalized spacial score (nSPS) is 16.8. The van der Waals surface area contributed by atoms with Crippen molar-refractivity contribution in [2.45, 2.75) is 38.1 Å². The second-order valence-corrected chi connectivity index (χ2v) is 5.25. The zero-order chi connectivity index (χ0) is 13.2. The number of benzene rings is 1. The van der Waals surface area contributed by atoms with Crippen LogP contribution >= 0.6 is 0 Å². The van der Waals surface area contributed by atoms with Crippen molar-refractivity contribution < 1.29 is 14.3 Å². The first-order chi connectivity index (χ1) is 9.22. The molecule has 0 saturated heterocycles. The van der Waals surface area contributed by atoms with Crippen LogP contribution in [0.25, 0.3) is 0 Å². The zero-order valence-corrected chi connectivity index (χ0v) is 10.8. The van der Waals surface area contributed by atoms with Crippen LogP contribution in [0.5, 0.6) is 0 Å². The molecular formula is C15H17NO3. The van der Waals surface area contributed by atoms with Crippen LogP contribution in [-0.4, -0.2) is 24.5 Å². The second kappa shape index (κ2) is 5.03. The van der Waals surface area contributed by atoms with Crippen LogP contribution in [-0.2, 0) is 22.4 Å². The minimum atomic E-state index is -0.416. The molecule has 19 heavy (non-hydrogen) atoms. The Bertz CT molecular complexity index is 520. The van der Waals surface area contributed by atoms with Gasteiger partial charge < -0.3 is 10.1 Å². The summed E-state index contributed by atoms with van der Waals surface area (Å²) in [7, 11) is 0. The van der Waals surface area contributed by atoms with Crippen molar-refractivity contribution in [3.05, 3.63) is 34.9 Å². The van der Waals surface area contributed by atoms with E-state index in [2.05, 4.69) is 5.32 Å². The van der Waals surface area contributed by atoms with Gasteiger partial charge in [-0.05, 0) is 55.4 Å². The first-order valence-corrected chi connectivity index (χ1v) is 6.80. The standard InChI is InChI=1S/C15H17NO3/c17-14(16-13-6-7-13)9-19-15(18)12-5-4-10-2-1-3-11(10)8-12/h4-5,8,13H,1-3,6-7,9H2,(H,16,17). The van der Waals surface area contributed by atoms with E-state index in [1.807, 2.05) is 12.1 Å². The Hall–Kier alpha value is -1.84. The molecule has 0 spiro atoms. The monoisotopic (exact) mass is 259 g/mol. The molecule has 4 nitrogen and oxygen atoms in total. The molecule has 0 bridgehead atoms. The van der Waals surface area contributed by atoms with Crippen molar-refractivity contribution in [2.75, 3.05) is 6.61 Å². The topological polar surface area (TPSA) is 55.4 Å². The minimum Gasteiger partial charge on any atom is -0.452 e. The lowest BCUT2D eigenvalue weighted by molar-refractivity contribution is -0.124. The summed E-state index contributed by atoms with van der Waals surface area (Å²) in [5.41, 5.74) is 3.10. The average molecular weight is 259 g/mol. The van der Waals surface area contributed by atoms with Gasteiger partial charge in [0.2, 0.25) is 0 Å². The second-order valence-electron chi connectivity index (χ2n) is 5.25. The Labute approximate surface area is 112 Å². The summed E-state index contributed by atoms with van der Waals surface area (Å²) >= 11 is 0. The zero-order valence-electron chi connectivity index (χ0n) is 10.8. The van der Waals surface area contributed by atoms with E-state index in [-0.39, 0.29) is 12.5 Å². The van der Waals surface area contributed by atoms with Crippen molar-refractivity contribution in [3.63, 3.8) is 0 Å². The van der Waals surface area contributed by atoms with Crippen LogP contribution in [0, 0.1) is 0 Å². The van der Waals surface area contributed by atoms with Gasteiger partial charge in [-0.15, -0.1) is 0 Å². The van der Waals surface area contributed by atoms with E-state index in [4.69, 9.17) is 4.74 Å². The molecule has 4 heteroatoms. The van der Waals surface area contributed by atoms with Gasteiger partial charge in [0.25, 0.3) is 5.91 Å². The Morgan fingerprint density at radius 3 is 2.79 bits per heavy atom. The lowest BCUT2D eigenvalue weighted by Crippen LogP contribution is -2.30. The number of nitrogens with one attached hydrogen (secondary N) is 1. The molecular weight excluding hydrogens is 242 g/mol. The number of esters is 1. The molecule has 0 unspecified atom stereocenters. The van der Waals surface area contributed by atoms with Crippen molar-refractivity contribution in [1.82, 2.24) is 5.32 Å². The van der Waals surface area contributed by atoms with Crippen molar-refractivity contribution >= 4 is 11.9 Å². The molecule has 0 aromatic heterocycles. The van der Waals surface area contributed by atoms with Crippen LogP contribution in [0.3, 0.4) is 0 Å². The maximum Gasteiger partial charge on any atom is 0.338 e. The molecule has 1 aromatic rings. The third kappa shape index (κ3) is 2.95. The molecule has 0 heterocycles. The van der Waals surface area contributed by atoms with E-state index < -0.39 is 5.97 Å². The fraction of sp³-hybridized carbons (Fsp3) is 0.467. The highest BCUT2D eigenvalue weighted by atomic mass is 16.5. The van der Waals surface area contributed by atoms with Gasteiger partial charge >= 0.3 is 5.97 Å². The van der Waals surface area contributed by atoms with Crippen LogP contribution in [0.4, 0.5) is 0 Å². The Morgan fingerprint density at radius 1 is 1.21 bits per heavy atom. The molecule has 2 aliphatic carbocycles. The van der Waals surface area contributed by atoms with Crippen LogP contribution in [0.1, 0.15) is 40.7 Å². The molecule has 1 amide bonds. The molecule has 1 N–H and O–H groups in total. The molecule has 1 aromatic carbocycles. The van der Waals surface area contributed by atoms with Crippen molar-refractivity contribution in [1.29, 1.82) is 0 Å². The highest BCUT2D eigenvalue weighted by Crippen LogP contribution is 2.23. The fourth-order valence-corrected chi connectivity index (χ4v) is 2.41. The third-order valence-corrected chi connectivity index (χ3v) is 3.61. The SMILES string of the molecule is O=C(COC(=O)c1ccc2c(c1)CCC2)NC1CC1. The smallest absolute Gasteiger partial charge is 0.338 e. The molecule has 0 atom stereocenters. The van der Waals surface area contributed by atoms with E-state index in [1.165, 1.54) is 11.1 Å². The molecule has 0 aliphatic heterocycles. The van der Waals surface area contributed by atoms with Gasteiger partial charge in [-0.1, -0.05) is 6.07 Å². The number of hydrogen-bond donors (Lipinski definition) is 1. The van der Waals surface area contributed by atoms with Gasteiger partial charge in [-0.3, -0.25) is 4.79 Å². The maximum absolute atomic E-state index is 11.8. The number of aryl methyl sites for hydroxylation is 2. The Balaban J connectivity index is 1.56. The third-order valence-electron chi connectivity index (χ3n) is 3.61. The fourth-order valence-electron chi connectivity index (χ4n) is 2.41. The Kier molecular flexibility index (Phi) is 3.23. The lowest BCUT2D eigenvalue weighted by Gasteiger charge is -2.07. The number of amides is 1. The van der Waals surface area contributed by atoms with Crippen molar-refractivity contribution in [3.8, 4) is 0 Å². The summed E-state index contributed by atoms with van der Waals surface area (Å²) in [5, 5.41) is 2.79. The van der Waals surface area contributed by atoms with Gasteiger partial charge in [0.15, 0.2) is 6.61 Å². The summed E-state index contributed by atoms with van der Waals surface area (Å²) in [5.74, 6) is -0.627. The first kappa shape index (κ1) is 12.2. The van der Waals surface area contributed by atoms with Crippen LogP contribution in [0.15, 0.2) is 18.2 Å². The van der Waals surface area contributed by atoms with Crippen LogP contribution in [0.2, 0.25) is 0 Å². The minimum absolute atomic E-state index is 0.188. The Morgan fingerprint density at radius 2 is 2.00 bits per heavy atom. The summed E-state index contributed by atoms with van der Waals surface area (Å²) in [6.45, 7) is -0.188. The molecule has 1 fully saturated rings. The lowest BCUT2D eigenvalue weighted by atomic mass is 10.1. The molecule has 100 valence electrons. The van der Waals surface area contributed by atoms with E-state index in [1.54, 1.807) is 6.07 Å². The van der Waals surface area contributed by atoms with E-state index in [0.717, 1.165) is 32.1 Å². The van der Waals surface area contributed by atoms with Gasteiger partial charge in [-0.25, -0.2) is 4.79 Å². The maximum atomic E-state index is 11.8. The van der Waals surface area contributed by atoms with Gasteiger partial charge in [0, 0.05) is 6.04 Å². The van der Waals surface area contributed by atoms with Gasteiger partial charge in [0.05, 0.1) is 5.56 Å². The summed E-state index contributed by atoms with van der Waals surface area (Å²) in [6, 6.07) is 5.96. The first-order valence-electron chi connectivity index (χ1n) is 6.80. The highest BCUT2D eigenvalue weighted by Gasteiger charge is 2.23. The molecule has 1 saturated carbocycles. The van der Waals surface area contributed by atoms with Gasteiger partial charge in [-0.2, -0.15) is 0 Å². The number of carbonyl (C=O) groups excluding carboxylic acids is 2. The summed E-state index contributed by atoms with van der Waals surface area (Å²) in [6.07, 6.45) is 5.33. The number of rotatable bonds is 4. The van der Waals surface area contributed by atoms with E-state index >= 15 is 0 Å². The van der Waals surface area contributed by atoms with Gasteiger partial charge in [0.1, 0.15) is 0 Å². The quantitative estimate of drug-likeness (QED) is 0.836. The molecule has 2 aliphatic rings. The molecule has 3 rings (SSSR count). The predicted octanol–water partition coefficient (Wildman–Crippen LogP) is 1.61. The number of carbonyl (C=O) groups is 2. The summed E-state index contributed by atoms with van der Waals surface area (Å²) in [4.78, 5) is 23.3. The van der Waals surface area contributed by atoms with Crippen molar-refractivity contribution in [2.24, 2.45) is 0 Å². The molecule has 0 radical (unpaired) electrons. The summed E-state index contributed by atoms with van der Waals surface area (Å²) < 4.78 is 5.03. The van der Waals surface area contributed by atoms with E-state index in [0.29, 0.717) is 11.6 Å². The number of fused-ring (bicyclic) bond motifs is 1. The number of hydrogen-bond acceptors (Lipinski definition) is 3.